The number of hydrogen-bond acceptors (Lipinski definition) is 7. The van der Waals surface area contributed by atoms with Crippen LogP contribution < -0.4 is 15.4 Å². The van der Waals surface area contributed by atoms with Gasteiger partial charge in [0.05, 0.1) is 25.1 Å². The van der Waals surface area contributed by atoms with E-state index in [1.807, 2.05) is 0 Å². The Morgan fingerprint density at radius 1 is 1.33 bits per heavy atom. The maximum absolute atomic E-state index is 12.7. The number of rotatable bonds is 6. The van der Waals surface area contributed by atoms with Crippen LogP contribution >= 0.6 is 11.6 Å². The minimum atomic E-state index is -4.54. The Hall–Kier alpha value is -2.79. The van der Waals surface area contributed by atoms with E-state index in [0.29, 0.717) is 32.1 Å². The second-order valence-corrected chi connectivity index (χ2v) is 6.69. The van der Waals surface area contributed by atoms with Gasteiger partial charge in [-0.2, -0.15) is 18.2 Å². The zero-order valence-electron chi connectivity index (χ0n) is 15.9. The quantitative estimate of drug-likeness (QED) is 0.705. The number of benzene rings is 1. The number of halogens is 4. The number of hydrogen-bond donors (Lipinski definition) is 2. The normalized spacial score (nSPS) is 14.4. The molecule has 0 atom stereocenters. The second kappa shape index (κ2) is 9.35. The number of amides is 1. The summed E-state index contributed by atoms with van der Waals surface area (Å²) < 4.78 is 48.3. The predicted octanol–water partition coefficient (Wildman–Crippen LogP) is 3.33. The van der Waals surface area contributed by atoms with Crippen molar-refractivity contribution in [3.63, 3.8) is 0 Å². The van der Waals surface area contributed by atoms with Crippen LogP contribution in [0.15, 0.2) is 24.4 Å². The van der Waals surface area contributed by atoms with Gasteiger partial charge in [0, 0.05) is 25.7 Å². The van der Waals surface area contributed by atoms with Crippen LogP contribution in [0.2, 0.25) is 5.02 Å². The molecule has 2 heterocycles. The van der Waals surface area contributed by atoms with Gasteiger partial charge in [0.1, 0.15) is 16.6 Å². The Labute approximate surface area is 175 Å². The molecule has 30 heavy (non-hydrogen) atoms. The Balaban J connectivity index is 1.88. The molecule has 0 saturated carbocycles. The van der Waals surface area contributed by atoms with Gasteiger partial charge in [0.15, 0.2) is 6.61 Å². The van der Waals surface area contributed by atoms with E-state index in [-0.39, 0.29) is 33.9 Å². The molecule has 1 aliphatic heterocycles. The highest BCUT2D eigenvalue weighted by atomic mass is 35.5. The minimum absolute atomic E-state index is 0.0906. The van der Waals surface area contributed by atoms with E-state index >= 15 is 0 Å². The zero-order valence-corrected chi connectivity index (χ0v) is 16.7. The number of anilines is 3. The van der Waals surface area contributed by atoms with Gasteiger partial charge < -0.3 is 25.0 Å². The van der Waals surface area contributed by atoms with Crippen LogP contribution in [-0.2, 0) is 4.74 Å². The van der Waals surface area contributed by atoms with Crippen molar-refractivity contribution < 1.29 is 27.4 Å². The lowest BCUT2D eigenvalue weighted by Gasteiger charge is -2.27. The maximum Gasteiger partial charge on any atom is 0.422 e. The summed E-state index contributed by atoms with van der Waals surface area (Å²) in [5, 5.41) is 5.86. The van der Waals surface area contributed by atoms with E-state index in [0.717, 1.165) is 0 Å². The average molecular weight is 446 g/mol. The predicted molar refractivity (Wildman–Crippen MR) is 105 cm³/mol. The highest BCUT2D eigenvalue weighted by Crippen LogP contribution is 2.31. The lowest BCUT2D eigenvalue weighted by molar-refractivity contribution is -0.153. The SMILES string of the molecule is CNc1nc(Nc2ccc(C(=O)N3CCOCC3)cc2OCC(F)(F)F)ncc1Cl. The number of nitrogens with zero attached hydrogens (tertiary/aromatic N) is 3. The van der Waals surface area contributed by atoms with Gasteiger partial charge in [-0.1, -0.05) is 11.6 Å². The molecule has 1 fully saturated rings. The molecule has 2 aromatic rings. The fourth-order valence-electron chi connectivity index (χ4n) is 2.71. The summed E-state index contributed by atoms with van der Waals surface area (Å²) in [6.45, 7) is 0.112. The topological polar surface area (TPSA) is 88.6 Å². The molecular weight excluding hydrogens is 427 g/mol. The first-order chi connectivity index (χ1) is 14.3. The molecular formula is C18H19ClF3N5O3. The first kappa shape index (κ1) is 21.9. The number of aromatic nitrogens is 2. The maximum atomic E-state index is 12.7. The Morgan fingerprint density at radius 2 is 2.07 bits per heavy atom. The van der Waals surface area contributed by atoms with Crippen molar-refractivity contribution in [3.05, 3.63) is 35.0 Å². The molecule has 1 aromatic carbocycles. The van der Waals surface area contributed by atoms with Crippen molar-refractivity contribution in [2.75, 3.05) is 50.6 Å². The Bertz CT molecular complexity index is 907. The van der Waals surface area contributed by atoms with Crippen molar-refractivity contribution in [3.8, 4) is 5.75 Å². The van der Waals surface area contributed by atoms with Crippen LogP contribution in [0, 0.1) is 0 Å². The molecule has 12 heteroatoms. The highest BCUT2D eigenvalue weighted by molar-refractivity contribution is 6.32. The Kier molecular flexibility index (Phi) is 6.83. The molecule has 8 nitrogen and oxygen atoms in total. The van der Waals surface area contributed by atoms with Crippen molar-refractivity contribution in [2.24, 2.45) is 0 Å². The van der Waals surface area contributed by atoms with Crippen LogP contribution in [0.1, 0.15) is 10.4 Å². The molecule has 2 N–H and O–H groups in total. The van der Waals surface area contributed by atoms with Crippen molar-refractivity contribution in [2.45, 2.75) is 6.18 Å². The van der Waals surface area contributed by atoms with E-state index in [1.54, 1.807) is 11.9 Å². The van der Waals surface area contributed by atoms with Gasteiger partial charge in [-0.25, -0.2) is 4.98 Å². The fraction of sp³-hybridized carbons (Fsp3) is 0.389. The molecule has 1 aromatic heterocycles. The third-order valence-electron chi connectivity index (χ3n) is 4.15. The van der Waals surface area contributed by atoms with E-state index in [2.05, 4.69) is 20.6 Å². The number of alkyl halides is 3. The summed E-state index contributed by atoms with van der Waals surface area (Å²) in [6.07, 6.45) is -3.20. The van der Waals surface area contributed by atoms with Gasteiger partial charge in [-0.05, 0) is 18.2 Å². The van der Waals surface area contributed by atoms with Gasteiger partial charge in [-0.15, -0.1) is 0 Å². The number of carbonyl (C=O) groups is 1. The fourth-order valence-corrected chi connectivity index (χ4v) is 2.90. The van der Waals surface area contributed by atoms with Crippen LogP contribution in [0.4, 0.5) is 30.6 Å². The number of morpholine rings is 1. The molecule has 0 radical (unpaired) electrons. The second-order valence-electron chi connectivity index (χ2n) is 6.28. The monoisotopic (exact) mass is 445 g/mol. The van der Waals surface area contributed by atoms with E-state index < -0.39 is 12.8 Å². The lowest BCUT2D eigenvalue weighted by Crippen LogP contribution is -2.40. The summed E-state index contributed by atoms with van der Waals surface area (Å²) in [5.74, 6) is -0.0446. The summed E-state index contributed by atoms with van der Waals surface area (Å²) in [7, 11) is 1.61. The minimum Gasteiger partial charge on any atom is -0.482 e. The van der Waals surface area contributed by atoms with Gasteiger partial charge in [-0.3, -0.25) is 4.79 Å². The van der Waals surface area contributed by atoms with Crippen LogP contribution in [0.3, 0.4) is 0 Å². The zero-order chi connectivity index (χ0) is 21.7. The summed E-state index contributed by atoms with van der Waals surface area (Å²) in [5.41, 5.74) is 0.370. The average Bonchev–Trinajstić information content (AvgIpc) is 2.73. The third-order valence-corrected chi connectivity index (χ3v) is 4.42. The van der Waals surface area contributed by atoms with Crippen molar-refractivity contribution >= 4 is 35.0 Å². The smallest absolute Gasteiger partial charge is 0.422 e. The van der Waals surface area contributed by atoms with Gasteiger partial charge in [0.25, 0.3) is 5.91 Å². The Morgan fingerprint density at radius 3 is 2.73 bits per heavy atom. The molecule has 162 valence electrons. The first-order valence-electron chi connectivity index (χ1n) is 8.95. The largest absolute Gasteiger partial charge is 0.482 e. The molecule has 0 unspecified atom stereocenters. The van der Waals surface area contributed by atoms with Gasteiger partial charge >= 0.3 is 6.18 Å². The first-order valence-corrected chi connectivity index (χ1v) is 9.32. The van der Waals surface area contributed by atoms with Crippen LogP contribution in [0.5, 0.6) is 5.75 Å². The highest BCUT2D eigenvalue weighted by Gasteiger charge is 2.29. The molecule has 1 aliphatic rings. The summed E-state index contributed by atoms with van der Waals surface area (Å²) in [6, 6.07) is 4.20. The van der Waals surface area contributed by atoms with E-state index in [1.165, 1.54) is 24.4 Å². The molecule has 0 spiro atoms. The standard InChI is InChI=1S/C18H19ClF3N5O3/c1-23-15-12(19)9-24-17(26-15)25-13-3-2-11(8-14(13)30-10-18(20,21)22)16(28)27-4-6-29-7-5-27/h2-3,8-9H,4-7,10H2,1H3,(H2,23,24,25,26). The molecule has 0 aliphatic carbocycles. The number of ether oxygens (including phenoxy) is 2. The van der Waals surface area contributed by atoms with Crippen LogP contribution in [-0.4, -0.2) is 66.9 Å². The molecule has 1 amide bonds. The third kappa shape index (κ3) is 5.63. The lowest BCUT2D eigenvalue weighted by atomic mass is 10.1. The van der Waals surface area contributed by atoms with Gasteiger partial charge in [0.2, 0.25) is 5.95 Å². The van der Waals surface area contributed by atoms with Crippen molar-refractivity contribution in [1.29, 1.82) is 0 Å². The van der Waals surface area contributed by atoms with E-state index in [9.17, 15) is 18.0 Å². The summed E-state index contributed by atoms with van der Waals surface area (Å²) >= 11 is 5.94. The summed E-state index contributed by atoms with van der Waals surface area (Å²) in [4.78, 5) is 22.4. The number of nitrogens with one attached hydrogen (secondary N) is 2. The molecule has 3 rings (SSSR count). The molecule has 1 saturated heterocycles. The van der Waals surface area contributed by atoms with Crippen LogP contribution in [0.25, 0.3) is 0 Å². The molecule has 0 bridgehead atoms. The number of carbonyl (C=O) groups excluding carboxylic acids is 1. The van der Waals surface area contributed by atoms with Crippen molar-refractivity contribution in [1.82, 2.24) is 14.9 Å². The van der Waals surface area contributed by atoms with E-state index in [4.69, 9.17) is 21.1 Å².